The van der Waals surface area contributed by atoms with Gasteiger partial charge in [-0.2, -0.15) is 0 Å². The van der Waals surface area contributed by atoms with Crippen LogP contribution in [0.2, 0.25) is 0 Å². The SMILES string of the molecule is O=C(NC(C(=O)O)c1cccs1)C1CNC1. The molecule has 5 nitrogen and oxygen atoms in total. The van der Waals surface area contributed by atoms with Crippen LogP contribution >= 0.6 is 11.3 Å². The van der Waals surface area contributed by atoms with Gasteiger partial charge in [-0.05, 0) is 11.4 Å². The summed E-state index contributed by atoms with van der Waals surface area (Å²) in [5.74, 6) is -1.32. The normalized spacial score (nSPS) is 17.5. The van der Waals surface area contributed by atoms with Crippen LogP contribution in [0.5, 0.6) is 0 Å². The Morgan fingerprint density at radius 1 is 1.56 bits per heavy atom. The molecule has 0 spiro atoms. The van der Waals surface area contributed by atoms with Crippen molar-refractivity contribution in [2.45, 2.75) is 6.04 Å². The minimum atomic E-state index is -1.02. The van der Waals surface area contributed by atoms with E-state index in [2.05, 4.69) is 10.6 Å². The number of carboxylic acids is 1. The lowest BCUT2D eigenvalue weighted by atomic mass is 10.0. The summed E-state index contributed by atoms with van der Waals surface area (Å²) in [5, 5.41) is 16.4. The lowest BCUT2D eigenvalue weighted by Gasteiger charge is -2.27. The van der Waals surface area contributed by atoms with E-state index in [0.717, 1.165) is 0 Å². The zero-order valence-electron chi connectivity index (χ0n) is 8.47. The lowest BCUT2D eigenvalue weighted by Crippen LogP contribution is -2.52. The van der Waals surface area contributed by atoms with Gasteiger partial charge in [-0.25, -0.2) is 4.79 Å². The summed E-state index contributed by atoms with van der Waals surface area (Å²) in [6.45, 7) is 1.26. The van der Waals surface area contributed by atoms with Crippen LogP contribution < -0.4 is 10.6 Å². The van der Waals surface area contributed by atoms with Crippen molar-refractivity contribution in [2.24, 2.45) is 5.92 Å². The largest absolute Gasteiger partial charge is 0.479 e. The standard InChI is InChI=1S/C10H12N2O3S/c13-9(6-4-11-5-6)12-8(10(14)15)7-2-1-3-16-7/h1-3,6,8,11H,4-5H2,(H,12,13)(H,14,15). The fourth-order valence-electron chi connectivity index (χ4n) is 1.44. The van der Waals surface area contributed by atoms with Gasteiger partial charge in [-0.15, -0.1) is 11.3 Å². The molecular weight excluding hydrogens is 228 g/mol. The van der Waals surface area contributed by atoms with E-state index < -0.39 is 12.0 Å². The molecule has 1 atom stereocenters. The fourth-order valence-corrected chi connectivity index (χ4v) is 2.21. The van der Waals surface area contributed by atoms with Gasteiger partial charge in [0.05, 0.1) is 5.92 Å². The van der Waals surface area contributed by atoms with Crippen LogP contribution in [0.15, 0.2) is 17.5 Å². The van der Waals surface area contributed by atoms with Crippen molar-refractivity contribution in [3.05, 3.63) is 22.4 Å². The first-order valence-electron chi connectivity index (χ1n) is 4.96. The maximum absolute atomic E-state index is 11.6. The molecule has 1 amide bonds. The van der Waals surface area contributed by atoms with Crippen molar-refractivity contribution in [3.63, 3.8) is 0 Å². The van der Waals surface area contributed by atoms with Gasteiger partial charge in [-0.3, -0.25) is 4.79 Å². The van der Waals surface area contributed by atoms with Gasteiger partial charge in [0.1, 0.15) is 0 Å². The van der Waals surface area contributed by atoms with Crippen LogP contribution in [0.4, 0.5) is 0 Å². The van der Waals surface area contributed by atoms with E-state index in [-0.39, 0.29) is 11.8 Å². The third kappa shape index (κ3) is 2.23. The monoisotopic (exact) mass is 240 g/mol. The highest BCUT2D eigenvalue weighted by Gasteiger charge is 2.30. The highest BCUT2D eigenvalue weighted by Crippen LogP contribution is 2.20. The van der Waals surface area contributed by atoms with Gasteiger partial charge in [0.2, 0.25) is 5.91 Å². The van der Waals surface area contributed by atoms with E-state index >= 15 is 0 Å². The highest BCUT2D eigenvalue weighted by molar-refractivity contribution is 7.10. The molecule has 1 aliphatic heterocycles. The minimum Gasteiger partial charge on any atom is -0.479 e. The van der Waals surface area contributed by atoms with Gasteiger partial charge in [0, 0.05) is 18.0 Å². The van der Waals surface area contributed by atoms with E-state index in [0.29, 0.717) is 18.0 Å². The molecule has 1 aromatic heterocycles. The predicted octanol–water partition coefficient (Wildman–Crippen LogP) is 0.209. The summed E-state index contributed by atoms with van der Waals surface area (Å²) in [6.07, 6.45) is 0. The van der Waals surface area contributed by atoms with Crippen molar-refractivity contribution in [1.29, 1.82) is 0 Å². The van der Waals surface area contributed by atoms with E-state index in [9.17, 15) is 9.59 Å². The molecule has 0 bridgehead atoms. The molecule has 86 valence electrons. The Kier molecular flexibility index (Phi) is 3.21. The molecule has 0 radical (unpaired) electrons. The minimum absolute atomic E-state index is 0.0955. The maximum Gasteiger partial charge on any atom is 0.331 e. The van der Waals surface area contributed by atoms with Crippen molar-refractivity contribution in [2.75, 3.05) is 13.1 Å². The van der Waals surface area contributed by atoms with Gasteiger partial charge < -0.3 is 15.7 Å². The quantitative estimate of drug-likeness (QED) is 0.703. The number of aliphatic carboxylic acids is 1. The zero-order valence-corrected chi connectivity index (χ0v) is 9.29. The number of carbonyl (C=O) groups is 2. The highest BCUT2D eigenvalue weighted by atomic mass is 32.1. The number of carboxylic acid groups (broad SMARTS) is 1. The molecular formula is C10H12N2O3S. The molecule has 16 heavy (non-hydrogen) atoms. The number of hydrogen-bond donors (Lipinski definition) is 3. The van der Waals surface area contributed by atoms with Crippen LogP contribution in [0.25, 0.3) is 0 Å². The smallest absolute Gasteiger partial charge is 0.331 e. The average Bonchev–Trinajstić information content (AvgIpc) is 2.63. The fraction of sp³-hybridized carbons (Fsp3) is 0.400. The Bertz CT molecular complexity index is 387. The molecule has 1 aliphatic rings. The Balaban J connectivity index is 2.03. The number of hydrogen-bond acceptors (Lipinski definition) is 4. The second-order valence-electron chi connectivity index (χ2n) is 3.65. The summed E-state index contributed by atoms with van der Waals surface area (Å²) in [6, 6.07) is 2.56. The molecule has 0 aliphatic carbocycles. The van der Waals surface area contributed by atoms with Crippen LogP contribution in [-0.2, 0) is 9.59 Å². The first kappa shape index (κ1) is 11.1. The van der Waals surface area contributed by atoms with Crippen LogP contribution in [0.1, 0.15) is 10.9 Å². The number of amides is 1. The summed E-state index contributed by atoms with van der Waals surface area (Å²) < 4.78 is 0. The Morgan fingerprint density at radius 3 is 2.75 bits per heavy atom. The molecule has 0 aromatic carbocycles. The first-order valence-corrected chi connectivity index (χ1v) is 5.83. The summed E-state index contributed by atoms with van der Waals surface area (Å²) in [4.78, 5) is 23.3. The van der Waals surface area contributed by atoms with Gasteiger partial charge in [-0.1, -0.05) is 6.07 Å². The lowest BCUT2D eigenvalue weighted by molar-refractivity contribution is -0.142. The molecule has 2 heterocycles. The van der Waals surface area contributed by atoms with E-state index in [1.165, 1.54) is 11.3 Å². The van der Waals surface area contributed by atoms with Gasteiger partial charge in [0.25, 0.3) is 0 Å². The number of rotatable bonds is 4. The summed E-state index contributed by atoms with van der Waals surface area (Å²) >= 11 is 1.33. The number of nitrogens with one attached hydrogen (secondary N) is 2. The predicted molar refractivity (Wildman–Crippen MR) is 59.2 cm³/mol. The molecule has 2 rings (SSSR count). The Morgan fingerprint density at radius 2 is 2.31 bits per heavy atom. The maximum atomic E-state index is 11.6. The van der Waals surface area contributed by atoms with Crippen LogP contribution in [0, 0.1) is 5.92 Å². The third-order valence-electron chi connectivity index (χ3n) is 2.51. The second-order valence-corrected chi connectivity index (χ2v) is 4.63. The Hall–Kier alpha value is -1.40. The Labute approximate surface area is 96.5 Å². The number of carbonyl (C=O) groups excluding carboxylic acids is 1. The van der Waals surface area contributed by atoms with Gasteiger partial charge in [0.15, 0.2) is 6.04 Å². The molecule has 1 unspecified atom stereocenters. The van der Waals surface area contributed by atoms with Crippen molar-refractivity contribution in [1.82, 2.24) is 10.6 Å². The molecule has 6 heteroatoms. The second kappa shape index (κ2) is 4.63. The zero-order chi connectivity index (χ0) is 11.5. The van der Waals surface area contributed by atoms with Crippen molar-refractivity contribution in [3.8, 4) is 0 Å². The number of thiophene rings is 1. The molecule has 1 saturated heterocycles. The summed E-state index contributed by atoms with van der Waals surface area (Å²) in [5.41, 5.74) is 0. The molecule has 3 N–H and O–H groups in total. The average molecular weight is 240 g/mol. The molecule has 1 fully saturated rings. The topological polar surface area (TPSA) is 78.4 Å². The van der Waals surface area contributed by atoms with Crippen LogP contribution in [0.3, 0.4) is 0 Å². The van der Waals surface area contributed by atoms with Crippen molar-refractivity contribution < 1.29 is 14.7 Å². The van der Waals surface area contributed by atoms with Crippen molar-refractivity contribution >= 4 is 23.2 Å². The first-order chi connectivity index (χ1) is 7.68. The van der Waals surface area contributed by atoms with E-state index in [1.54, 1.807) is 17.5 Å². The molecule has 0 saturated carbocycles. The molecule has 1 aromatic rings. The van der Waals surface area contributed by atoms with Gasteiger partial charge >= 0.3 is 5.97 Å². The van der Waals surface area contributed by atoms with E-state index in [4.69, 9.17) is 5.11 Å². The summed E-state index contributed by atoms with van der Waals surface area (Å²) in [7, 11) is 0. The third-order valence-corrected chi connectivity index (χ3v) is 3.45. The van der Waals surface area contributed by atoms with Crippen LogP contribution in [-0.4, -0.2) is 30.1 Å². The van der Waals surface area contributed by atoms with E-state index in [1.807, 2.05) is 0 Å².